The molecule has 1 aromatic carbocycles. The first-order valence-electron chi connectivity index (χ1n) is 6.10. The van der Waals surface area contributed by atoms with Crippen LogP contribution in [0.15, 0.2) is 30.9 Å². The number of hydrogen-bond acceptors (Lipinski definition) is 3. The second kappa shape index (κ2) is 7.81. The standard InChI is InChI=1S/C14H19ClN2O2/c1-4-7-16-9-14(18)17-11-5-6-13(12(15)8-11)19-10(2)3/h4-6,8,10,16H,1,7,9H2,2-3H3,(H,17,18). The Labute approximate surface area is 118 Å². The molecule has 0 saturated heterocycles. The largest absolute Gasteiger partial charge is 0.489 e. The first kappa shape index (κ1) is 15.5. The summed E-state index contributed by atoms with van der Waals surface area (Å²) in [5.74, 6) is 0.481. The molecule has 0 unspecified atom stereocenters. The van der Waals surface area contributed by atoms with Gasteiger partial charge in [-0.15, -0.1) is 6.58 Å². The van der Waals surface area contributed by atoms with Crippen molar-refractivity contribution in [2.45, 2.75) is 20.0 Å². The maximum Gasteiger partial charge on any atom is 0.238 e. The third kappa shape index (κ3) is 5.77. The Balaban J connectivity index is 2.57. The second-order valence-electron chi connectivity index (χ2n) is 4.28. The van der Waals surface area contributed by atoms with Gasteiger partial charge >= 0.3 is 0 Å². The number of hydrogen-bond donors (Lipinski definition) is 2. The van der Waals surface area contributed by atoms with Crippen LogP contribution in [0.2, 0.25) is 5.02 Å². The van der Waals surface area contributed by atoms with E-state index < -0.39 is 0 Å². The molecule has 1 rings (SSSR count). The average Bonchev–Trinajstić information content (AvgIpc) is 2.32. The first-order valence-corrected chi connectivity index (χ1v) is 6.48. The van der Waals surface area contributed by atoms with Crippen molar-refractivity contribution < 1.29 is 9.53 Å². The first-order chi connectivity index (χ1) is 9.02. The zero-order valence-electron chi connectivity index (χ0n) is 11.2. The van der Waals surface area contributed by atoms with Crippen molar-refractivity contribution in [2.24, 2.45) is 0 Å². The van der Waals surface area contributed by atoms with Crippen molar-refractivity contribution >= 4 is 23.2 Å². The highest BCUT2D eigenvalue weighted by Gasteiger charge is 2.07. The van der Waals surface area contributed by atoms with Crippen LogP contribution >= 0.6 is 11.6 Å². The zero-order valence-corrected chi connectivity index (χ0v) is 12.0. The molecule has 0 aliphatic carbocycles. The van der Waals surface area contributed by atoms with Crippen LogP contribution < -0.4 is 15.4 Å². The minimum atomic E-state index is -0.129. The van der Waals surface area contributed by atoms with Gasteiger partial charge in [-0.05, 0) is 32.0 Å². The number of carbonyl (C=O) groups excluding carboxylic acids is 1. The number of carbonyl (C=O) groups is 1. The van der Waals surface area contributed by atoms with Gasteiger partial charge in [-0.2, -0.15) is 0 Å². The number of benzene rings is 1. The molecule has 19 heavy (non-hydrogen) atoms. The van der Waals surface area contributed by atoms with Crippen LogP contribution in [0.5, 0.6) is 5.75 Å². The maximum absolute atomic E-state index is 11.6. The molecule has 104 valence electrons. The Morgan fingerprint density at radius 3 is 2.84 bits per heavy atom. The maximum atomic E-state index is 11.6. The van der Waals surface area contributed by atoms with Gasteiger partial charge in [-0.3, -0.25) is 4.79 Å². The molecule has 5 heteroatoms. The molecule has 0 aliphatic heterocycles. The monoisotopic (exact) mass is 282 g/mol. The topological polar surface area (TPSA) is 50.4 Å². The van der Waals surface area contributed by atoms with Crippen molar-refractivity contribution in [3.63, 3.8) is 0 Å². The number of nitrogens with one attached hydrogen (secondary N) is 2. The molecule has 4 nitrogen and oxygen atoms in total. The third-order valence-corrected chi connectivity index (χ3v) is 2.45. The van der Waals surface area contributed by atoms with Crippen LogP contribution in [0.1, 0.15) is 13.8 Å². The SMILES string of the molecule is C=CCNCC(=O)Nc1ccc(OC(C)C)c(Cl)c1. The molecular weight excluding hydrogens is 264 g/mol. The second-order valence-corrected chi connectivity index (χ2v) is 4.69. The third-order valence-electron chi connectivity index (χ3n) is 2.15. The summed E-state index contributed by atoms with van der Waals surface area (Å²) in [5, 5.41) is 6.14. The van der Waals surface area contributed by atoms with Crippen LogP contribution in [-0.4, -0.2) is 25.1 Å². The lowest BCUT2D eigenvalue weighted by atomic mass is 10.3. The van der Waals surface area contributed by atoms with Gasteiger partial charge in [0.05, 0.1) is 17.7 Å². The van der Waals surface area contributed by atoms with E-state index in [2.05, 4.69) is 17.2 Å². The summed E-state index contributed by atoms with van der Waals surface area (Å²) < 4.78 is 5.52. The number of amides is 1. The van der Waals surface area contributed by atoms with Crippen molar-refractivity contribution in [2.75, 3.05) is 18.4 Å². The van der Waals surface area contributed by atoms with E-state index >= 15 is 0 Å². The molecule has 0 aliphatic rings. The van der Waals surface area contributed by atoms with Gasteiger partial charge in [0, 0.05) is 12.2 Å². The lowest BCUT2D eigenvalue weighted by Gasteiger charge is -2.12. The van der Waals surface area contributed by atoms with E-state index in [9.17, 15) is 4.79 Å². The molecule has 0 aromatic heterocycles. The van der Waals surface area contributed by atoms with E-state index in [-0.39, 0.29) is 18.6 Å². The van der Waals surface area contributed by atoms with E-state index in [4.69, 9.17) is 16.3 Å². The number of anilines is 1. The van der Waals surface area contributed by atoms with E-state index in [1.165, 1.54) is 0 Å². The Hall–Kier alpha value is -1.52. The number of ether oxygens (including phenoxy) is 1. The lowest BCUT2D eigenvalue weighted by Crippen LogP contribution is -2.28. The Morgan fingerprint density at radius 2 is 2.26 bits per heavy atom. The minimum Gasteiger partial charge on any atom is -0.489 e. The van der Waals surface area contributed by atoms with Crippen molar-refractivity contribution in [1.82, 2.24) is 5.32 Å². The smallest absolute Gasteiger partial charge is 0.238 e. The van der Waals surface area contributed by atoms with Gasteiger partial charge in [0.2, 0.25) is 5.91 Å². The molecule has 0 saturated carbocycles. The highest BCUT2D eigenvalue weighted by Crippen LogP contribution is 2.28. The minimum absolute atomic E-state index is 0.0565. The number of rotatable bonds is 7. The van der Waals surface area contributed by atoms with E-state index in [1.807, 2.05) is 13.8 Å². The molecule has 1 amide bonds. The summed E-state index contributed by atoms with van der Waals surface area (Å²) >= 11 is 6.08. The Kier molecular flexibility index (Phi) is 6.39. The van der Waals surface area contributed by atoms with Gasteiger partial charge in [-0.25, -0.2) is 0 Å². The van der Waals surface area contributed by atoms with Gasteiger partial charge in [0.1, 0.15) is 5.75 Å². The van der Waals surface area contributed by atoms with Crippen molar-refractivity contribution in [3.8, 4) is 5.75 Å². The molecule has 0 radical (unpaired) electrons. The quantitative estimate of drug-likeness (QED) is 0.597. The highest BCUT2D eigenvalue weighted by molar-refractivity contribution is 6.32. The summed E-state index contributed by atoms with van der Waals surface area (Å²) in [5.41, 5.74) is 0.645. The average molecular weight is 283 g/mol. The molecule has 0 fully saturated rings. The van der Waals surface area contributed by atoms with Crippen LogP contribution in [0.3, 0.4) is 0 Å². The summed E-state index contributed by atoms with van der Waals surface area (Å²) in [7, 11) is 0. The summed E-state index contributed by atoms with van der Waals surface area (Å²) in [6, 6.07) is 5.18. The Morgan fingerprint density at radius 1 is 1.53 bits per heavy atom. The van der Waals surface area contributed by atoms with Crippen molar-refractivity contribution in [1.29, 1.82) is 0 Å². The van der Waals surface area contributed by atoms with Gasteiger partial charge in [0.15, 0.2) is 0 Å². The molecule has 1 aromatic rings. The van der Waals surface area contributed by atoms with Gasteiger partial charge in [-0.1, -0.05) is 17.7 Å². The van der Waals surface area contributed by atoms with E-state index in [0.29, 0.717) is 23.0 Å². The van der Waals surface area contributed by atoms with Gasteiger partial charge in [0.25, 0.3) is 0 Å². The van der Waals surface area contributed by atoms with Crippen LogP contribution in [0.25, 0.3) is 0 Å². The fourth-order valence-corrected chi connectivity index (χ4v) is 1.65. The Bertz CT molecular complexity index is 447. The number of halogens is 1. The summed E-state index contributed by atoms with van der Waals surface area (Å²) in [4.78, 5) is 11.6. The fraction of sp³-hybridized carbons (Fsp3) is 0.357. The van der Waals surface area contributed by atoms with Gasteiger partial charge < -0.3 is 15.4 Å². The molecule has 0 heterocycles. The van der Waals surface area contributed by atoms with Crippen LogP contribution in [0.4, 0.5) is 5.69 Å². The lowest BCUT2D eigenvalue weighted by molar-refractivity contribution is -0.115. The predicted molar refractivity (Wildman–Crippen MR) is 78.9 cm³/mol. The highest BCUT2D eigenvalue weighted by atomic mass is 35.5. The van der Waals surface area contributed by atoms with Crippen LogP contribution in [-0.2, 0) is 4.79 Å². The molecular formula is C14H19ClN2O2. The van der Waals surface area contributed by atoms with E-state index in [0.717, 1.165) is 0 Å². The normalized spacial score (nSPS) is 10.3. The summed E-state index contributed by atoms with van der Waals surface area (Å²) in [6.45, 7) is 8.24. The summed E-state index contributed by atoms with van der Waals surface area (Å²) in [6.07, 6.45) is 1.75. The van der Waals surface area contributed by atoms with Crippen molar-refractivity contribution in [3.05, 3.63) is 35.9 Å². The van der Waals surface area contributed by atoms with Crippen LogP contribution in [0, 0.1) is 0 Å². The molecule has 0 bridgehead atoms. The fourth-order valence-electron chi connectivity index (χ4n) is 1.42. The zero-order chi connectivity index (χ0) is 14.3. The molecule has 0 spiro atoms. The predicted octanol–water partition coefficient (Wildman–Crippen LogP) is 2.84. The molecule has 0 atom stereocenters. The molecule has 2 N–H and O–H groups in total. The van der Waals surface area contributed by atoms with E-state index in [1.54, 1.807) is 24.3 Å².